The summed E-state index contributed by atoms with van der Waals surface area (Å²) in [7, 11) is 0. The molecule has 3 rings (SSSR count). The average Bonchev–Trinajstić information content (AvgIpc) is 2.69. The van der Waals surface area contributed by atoms with Crippen molar-refractivity contribution in [1.82, 2.24) is 15.3 Å². The number of anilines is 3. The second-order valence-corrected chi connectivity index (χ2v) is 6.13. The Morgan fingerprint density at radius 1 is 0.893 bits per heavy atom. The second kappa shape index (κ2) is 9.27. The lowest BCUT2D eigenvalue weighted by atomic mass is 10.1. The Morgan fingerprint density at radius 2 is 1.54 bits per heavy atom. The molecule has 2 amide bonds. The van der Waals surface area contributed by atoms with Crippen LogP contribution in [0.2, 0.25) is 0 Å². The zero-order valence-corrected chi connectivity index (χ0v) is 15.5. The standard InChI is InChI=1S/C21H21N5O2/c1-15(27)22-12-9-21(28)26-20-14-17(8-11-24-20)16-7-10-23-19(13-16)25-18-5-3-2-4-6-18/h2-8,10-11,13-14H,9,12H2,1H3,(H,22,27)(H,23,25)(H,24,26,28). The van der Waals surface area contributed by atoms with Crippen LogP contribution in [0.3, 0.4) is 0 Å². The van der Waals surface area contributed by atoms with Gasteiger partial charge in [0.1, 0.15) is 11.6 Å². The number of rotatable bonds is 7. The maximum atomic E-state index is 12.0. The smallest absolute Gasteiger partial charge is 0.227 e. The summed E-state index contributed by atoms with van der Waals surface area (Å²) < 4.78 is 0. The molecule has 0 atom stereocenters. The van der Waals surface area contributed by atoms with E-state index in [0.29, 0.717) is 12.4 Å². The molecule has 3 aromatic rings. The fourth-order valence-electron chi connectivity index (χ4n) is 2.58. The molecule has 0 radical (unpaired) electrons. The number of para-hydroxylation sites is 1. The van der Waals surface area contributed by atoms with Gasteiger partial charge in [-0.1, -0.05) is 18.2 Å². The highest BCUT2D eigenvalue weighted by atomic mass is 16.2. The third-order valence-corrected chi connectivity index (χ3v) is 3.89. The van der Waals surface area contributed by atoms with Gasteiger partial charge >= 0.3 is 0 Å². The van der Waals surface area contributed by atoms with Crippen LogP contribution in [0.4, 0.5) is 17.3 Å². The van der Waals surface area contributed by atoms with E-state index in [1.807, 2.05) is 48.5 Å². The van der Waals surface area contributed by atoms with Gasteiger partial charge < -0.3 is 16.0 Å². The van der Waals surface area contributed by atoms with Gasteiger partial charge in [-0.05, 0) is 47.5 Å². The SMILES string of the molecule is CC(=O)NCCC(=O)Nc1cc(-c2ccnc(Nc3ccccc3)c2)ccn1. The van der Waals surface area contributed by atoms with Crippen LogP contribution in [-0.4, -0.2) is 28.3 Å². The molecule has 7 heteroatoms. The first-order valence-electron chi connectivity index (χ1n) is 8.89. The van der Waals surface area contributed by atoms with Gasteiger partial charge in [-0.15, -0.1) is 0 Å². The van der Waals surface area contributed by atoms with Gasteiger partial charge in [0.25, 0.3) is 0 Å². The van der Waals surface area contributed by atoms with Crippen LogP contribution in [0.5, 0.6) is 0 Å². The highest BCUT2D eigenvalue weighted by Crippen LogP contribution is 2.24. The molecule has 0 aliphatic carbocycles. The Bertz CT molecular complexity index is 960. The van der Waals surface area contributed by atoms with Gasteiger partial charge in [0, 0.05) is 38.0 Å². The molecule has 2 heterocycles. The molecule has 0 unspecified atom stereocenters. The highest BCUT2D eigenvalue weighted by Gasteiger charge is 2.06. The van der Waals surface area contributed by atoms with Gasteiger partial charge in [0.2, 0.25) is 11.8 Å². The summed E-state index contributed by atoms with van der Waals surface area (Å²) in [5, 5.41) is 8.60. The number of aromatic nitrogens is 2. The molecule has 7 nitrogen and oxygen atoms in total. The fraction of sp³-hybridized carbons (Fsp3) is 0.143. The van der Waals surface area contributed by atoms with Crippen molar-refractivity contribution in [1.29, 1.82) is 0 Å². The number of pyridine rings is 2. The van der Waals surface area contributed by atoms with Gasteiger partial charge in [0.05, 0.1) is 0 Å². The van der Waals surface area contributed by atoms with E-state index in [0.717, 1.165) is 22.6 Å². The van der Waals surface area contributed by atoms with Crippen LogP contribution in [0, 0.1) is 0 Å². The van der Waals surface area contributed by atoms with Gasteiger partial charge in [-0.25, -0.2) is 9.97 Å². The second-order valence-electron chi connectivity index (χ2n) is 6.13. The van der Waals surface area contributed by atoms with E-state index in [2.05, 4.69) is 25.9 Å². The van der Waals surface area contributed by atoms with Crippen molar-refractivity contribution >= 4 is 29.1 Å². The normalized spacial score (nSPS) is 10.2. The van der Waals surface area contributed by atoms with E-state index in [1.165, 1.54) is 6.92 Å². The Kier molecular flexibility index (Phi) is 6.30. The molecule has 3 N–H and O–H groups in total. The van der Waals surface area contributed by atoms with Crippen molar-refractivity contribution in [2.75, 3.05) is 17.2 Å². The summed E-state index contributed by atoms with van der Waals surface area (Å²) in [5.74, 6) is 0.811. The van der Waals surface area contributed by atoms with Crippen molar-refractivity contribution in [3.8, 4) is 11.1 Å². The molecule has 0 spiro atoms. The van der Waals surface area contributed by atoms with Gasteiger partial charge in [-0.2, -0.15) is 0 Å². The van der Waals surface area contributed by atoms with E-state index in [-0.39, 0.29) is 18.2 Å². The quantitative estimate of drug-likeness (QED) is 0.588. The van der Waals surface area contributed by atoms with Crippen LogP contribution in [-0.2, 0) is 9.59 Å². The van der Waals surface area contributed by atoms with E-state index in [4.69, 9.17) is 0 Å². The number of benzene rings is 1. The number of nitrogens with zero attached hydrogens (tertiary/aromatic N) is 2. The lowest BCUT2D eigenvalue weighted by Crippen LogP contribution is -2.25. The monoisotopic (exact) mass is 375 g/mol. The van der Waals surface area contributed by atoms with E-state index >= 15 is 0 Å². The first-order chi connectivity index (χ1) is 13.6. The minimum atomic E-state index is -0.209. The number of carbonyl (C=O) groups excluding carboxylic acids is 2. The topological polar surface area (TPSA) is 96.0 Å². The lowest BCUT2D eigenvalue weighted by molar-refractivity contribution is -0.119. The highest BCUT2D eigenvalue weighted by molar-refractivity contribution is 5.90. The van der Waals surface area contributed by atoms with E-state index < -0.39 is 0 Å². The molecule has 0 aliphatic rings. The molecule has 2 aromatic heterocycles. The van der Waals surface area contributed by atoms with Crippen molar-refractivity contribution < 1.29 is 9.59 Å². The molecule has 0 saturated carbocycles. The average molecular weight is 375 g/mol. The Labute approximate surface area is 163 Å². The Morgan fingerprint density at radius 3 is 2.21 bits per heavy atom. The number of hydrogen-bond acceptors (Lipinski definition) is 5. The summed E-state index contributed by atoms with van der Waals surface area (Å²) in [5.41, 5.74) is 2.81. The molecule has 0 saturated heterocycles. The maximum absolute atomic E-state index is 12.0. The predicted octanol–water partition coefficient (Wildman–Crippen LogP) is 3.35. The van der Waals surface area contributed by atoms with Crippen LogP contribution < -0.4 is 16.0 Å². The Hall–Kier alpha value is -3.74. The summed E-state index contributed by atoms with van der Waals surface area (Å²) in [4.78, 5) is 31.4. The van der Waals surface area contributed by atoms with Crippen LogP contribution in [0.25, 0.3) is 11.1 Å². The van der Waals surface area contributed by atoms with Crippen LogP contribution in [0.15, 0.2) is 67.0 Å². The van der Waals surface area contributed by atoms with E-state index in [9.17, 15) is 9.59 Å². The molecular weight excluding hydrogens is 354 g/mol. The summed E-state index contributed by atoms with van der Waals surface area (Å²) >= 11 is 0. The molecule has 1 aromatic carbocycles. The summed E-state index contributed by atoms with van der Waals surface area (Å²) in [6.45, 7) is 1.71. The molecule has 142 valence electrons. The zero-order valence-electron chi connectivity index (χ0n) is 15.5. The maximum Gasteiger partial charge on any atom is 0.227 e. The predicted molar refractivity (Wildman–Crippen MR) is 109 cm³/mol. The van der Waals surface area contributed by atoms with Crippen molar-refractivity contribution in [3.05, 3.63) is 67.0 Å². The third-order valence-electron chi connectivity index (χ3n) is 3.89. The number of amides is 2. The summed E-state index contributed by atoms with van der Waals surface area (Å²) in [6.07, 6.45) is 3.56. The lowest BCUT2D eigenvalue weighted by Gasteiger charge is -2.09. The first-order valence-corrected chi connectivity index (χ1v) is 8.89. The van der Waals surface area contributed by atoms with Gasteiger partial charge in [-0.3, -0.25) is 9.59 Å². The van der Waals surface area contributed by atoms with E-state index in [1.54, 1.807) is 18.5 Å². The summed E-state index contributed by atoms with van der Waals surface area (Å²) in [6, 6.07) is 17.3. The number of nitrogens with one attached hydrogen (secondary N) is 3. The molecule has 0 aliphatic heterocycles. The first kappa shape index (κ1) is 19.0. The number of carbonyl (C=O) groups is 2. The molecular formula is C21H21N5O2. The largest absolute Gasteiger partial charge is 0.356 e. The van der Waals surface area contributed by atoms with Crippen molar-refractivity contribution in [2.24, 2.45) is 0 Å². The Balaban J connectivity index is 1.69. The van der Waals surface area contributed by atoms with Crippen LogP contribution >= 0.6 is 0 Å². The zero-order chi connectivity index (χ0) is 19.8. The third kappa shape index (κ3) is 5.63. The van der Waals surface area contributed by atoms with Crippen molar-refractivity contribution in [3.63, 3.8) is 0 Å². The fourth-order valence-corrected chi connectivity index (χ4v) is 2.58. The van der Waals surface area contributed by atoms with Gasteiger partial charge in [0.15, 0.2) is 0 Å². The molecule has 28 heavy (non-hydrogen) atoms. The number of hydrogen-bond donors (Lipinski definition) is 3. The van der Waals surface area contributed by atoms with Crippen LogP contribution in [0.1, 0.15) is 13.3 Å². The molecule has 0 fully saturated rings. The molecule has 0 bridgehead atoms. The minimum Gasteiger partial charge on any atom is -0.356 e. The van der Waals surface area contributed by atoms with Crippen molar-refractivity contribution in [2.45, 2.75) is 13.3 Å². The minimum absolute atomic E-state index is 0.162.